The van der Waals surface area contributed by atoms with Crippen LogP contribution in [0.5, 0.6) is 0 Å². The van der Waals surface area contributed by atoms with Crippen molar-refractivity contribution in [3.05, 3.63) is 0 Å². The van der Waals surface area contributed by atoms with Crippen molar-refractivity contribution in [2.24, 2.45) is 0 Å². The first-order valence-electron chi connectivity index (χ1n) is 8.89. The molecular weight excluding hydrogens is 280 g/mol. The summed E-state index contributed by atoms with van der Waals surface area (Å²) >= 11 is 0. The summed E-state index contributed by atoms with van der Waals surface area (Å²) in [5.41, 5.74) is 0. The monoisotopic (exact) mass is 316 g/mol. The maximum atomic E-state index is 11.3. The van der Waals surface area contributed by atoms with Gasteiger partial charge in [0, 0.05) is 13.3 Å². The number of hydrogen-bond donors (Lipinski definition) is 1. The minimum absolute atomic E-state index is 0.00797. The molecule has 0 saturated heterocycles. The lowest BCUT2D eigenvalue weighted by atomic mass is 10.1. The lowest BCUT2D eigenvalue weighted by molar-refractivity contribution is -0.144. The summed E-state index contributed by atoms with van der Waals surface area (Å²) in [5.74, 6) is -0.841. The Morgan fingerprint density at radius 1 is 0.773 bits per heavy atom. The second kappa shape index (κ2) is 19.9. The van der Waals surface area contributed by atoms with E-state index < -0.39 is 5.97 Å². The Balaban J connectivity index is 0. The molecule has 0 aromatic carbocycles. The van der Waals surface area contributed by atoms with Gasteiger partial charge in [0.05, 0.1) is 6.61 Å². The molecule has 0 bridgehead atoms. The van der Waals surface area contributed by atoms with E-state index >= 15 is 0 Å². The molecule has 132 valence electrons. The number of carboxylic acids is 1. The smallest absolute Gasteiger partial charge is 0.305 e. The number of hydrogen-bond acceptors (Lipinski definition) is 3. The molecule has 0 spiro atoms. The van der Waals surface area contributed by atoms with Crippen LogP contribution in [0.25, 0.3) is 0 Å². The summed E-state index contributed by atoms with van der Waals surface area (Å²) in [6.45, 7) is 6.04. The number of aliphatic carboxylic acids is 1. The van der Waals surface area contributed by atoms with Gasteiger partial charge in [-0.3, -0.25) is 9.59 Å². The highest BCUT2D eigenvalue weighted by atomic mass is 16.5. The van der Waals surface area contributed by atoms with Crippen LogP contribution >= 0.6 is 0 Å². The summed E-state index contributed by atoms with van der Waals surface area (Å²) in [4.78, 5) is 20.3. The molecule has 0 fully saturated rings. The number of ether oxygens (including phenoxy) is 1. The highest BCUT2D eigenvalue weighted by Gasteiger charge is 2.01. The zero-order chi connectivity index (χ0) is 17.1. The molecule has 0 aromatic heterocycles. The van der Waals surface area contributed by atoms with E-state index in [9.17, 15) is 4.79 Å². The SMILES string of the molecule is CC(=O)O.CCCCCCCCCCCC(=O)OCCCC. The van der Waals surface area contributed by atoms with Crippen molar-refractivity contribution < 1.29 is 19.4 Å². The van der Waals surface area contributed by atoms with Crippen molar-refractivity contribution >= 4 is 11.9 Å². The molecule has 0 aromatic rings. The average molecular weight is 316 g/mol. The average Bonchev–Trinajstić information content (AvgIpc) is 2.45. The minimum Gasteiger partial charge on any atom is -0.481 e. The quantitative estimate of drug-likeness (QED) is 0.368. The summed E-state index contributed by atoms with van der Waals surface area (Å²) in [6.07, 6.45) is 14.3. The van der Waals surface area contributed by atoms with Gasteiger partial charge in [0.1, 0.15) is 0 Å². The molecule has 22 heavy (non-hydrogen) atoms. The number of esters is 1. The van der Waals surface area contributed by atoms with Crippen LogP contribution in [0.3, 0.4) is 0 Å². The maximum absolute atomic E-state index is 11.3. The van der Waals surface area contributed by atoms with Crippen molar-refractivity contribution in [3.63, 3.8) is 0 Å². The van der Waals surface area contributed by atoms with Crippen LogP contribution in [0, 0.1) is 0 Å². The normalized spacial score (nSPS) is 9.77. The van der Waals surface area contributed by atoms with E-state index in [0.29, 0.717) is 13.0 Å². The molecular formula is C18H36O4. The molecule has 0 saturated carbocycles. The van der Waals surface area contributed by atoms with Gasteiger partial charge in [-0.05, 0) is 12.8 Å². The molecule has 0 atom stereocenters. The Morgan fingerprint density at radius 2 is 1.18 bits per heavy atom. The minimum atomic E-state index is -0.833. The van der Waals surface area contributed by atoms with Crippen LogP contribution in [-0.4, -0.2) is 23.7 Å². The first-order chi connectivity index (χ1) is 10.5. The number of carbonyl (C=O) groups excluding carboxylic acids is 1. The molecule has 4 nitrogen and oxygen atoms in total. The lowest BCUT2D eigenvalue weighted by Crippen LogP contribution is -2.05. The van der Waals surface area contributed by atoms with Crippen LogP contribution in [-0.2, 0) is 14.3 Å². The lowest BCUT2D eigenvalue weighted by Gasteiger charge is -2.04. The molecule has 0 rings (SSSR count). The summed E-state index contributed by atoms with van der Waals surface area (Å²) in [6, 6.07) is 0. The molecule has 1 N–H and O–H groups in total. The van der Waals surface area contributed by atoms with Crippen LogP contribution < -0.4 is 0 Å². The van der Waals surface area contributed by atoms with E-state index in [4.69, 9.17) is 14.6 Å². The van der Waals surface area contributed by atoms with Gasteiger partial charge in [0.2, 0.25) is 0 Å². The predicted molar refractivity (Wildman–Crippen MR) is 91.0 cm³/mol. The first-order valence-corrected chi connectivity index (χ1v) is 8.89. The van der Waals surface area contributed by atoms with Gasteiger partial charge in [-0.15, -0.1) is 0 Å². The number of rotatable bonds is 13. The fourth-order valence-corrected chi connectivity index (χ4v) is 1.98. The van der Waals surface area contributed by atoms with E-state index in [-0.39, 0.29) is 5.97 Å². The molecule has 0 aliphatic rings. The second-order valence-electron chi connectivity index (χ2n) is 5.67. The molecule has 0 radical (unpaired) electrons. The molecule has 0 unspecified atom stereocenters. The highest BCUT2D eigenvalue weighted by Crippen LogP contribution is 2.10. The summed E-state index contributed by atoms with van der Waals surface area (Å²) in [5, 5.41) is 7.42. The molecule has 0 aliphatic heterocycles. The Labute approximate surface area is 136 Å². The van der Waals surface area contributed by atoms with E-state index in [1.165, 1.54) is 51.4 Å². The van der Waals surface area contributed by atoms with Crippen LogP contribution in [0.2, 0.25) is 0 Å². The van der Waals surface area contributed by atoms with E-state index in [0.717, 1.165) is 26.2 Å². The van der Waals surface area contributed by atoms with Gasteiger partial charge in [-0.25, -0.2) is 0 Å². The van der Waals surface area contributed by atoms with Gasteiger partial charge in [0.15, 0.2) is 0 Å². The zero-order valence-corrected chi connectivity index (χ0v) is 14.9. The Bertz CT molecular complexity index is 247. The third kappa shape index (κ3) is 27.3. The Morgan fingerprint density at radius 3 is 1.64 bits per heavy atom. The van der Waals surface area contributed by atoms with Gasteiger partial charge < -0.3 is 9.84 Å². The van der Waals surface area contributed by atoms with E-state index in [1.54, 1.807) is 0 Å². The first kappa shape index (κ1) is 23.2. The molecule has 0 amide bonds. The summed E-state index contributed by atoms with van der Waals surface area (Å²) < 4.78 is 5.12. The molecule has 0 aliphatic carbocycles. The number of carboxylic acid groups (broad SMARTS) is 1. The van der Waals surface area contributed by atoms with Crippen molar-refractivity contribution in [1.82, 2.24) is 0 Å². The Kier molecular flexibility index (Phi) is 21.0. The topological polar surface area (TPSA) is 63.6 Å². The second-order valence-corrected chi connectivity index (χ2v) is 5.67. The standard InChI is InChI=1S/C16H32O2.C2H4O2/c1-3-5-7-8-9-10-11-12-13-14-16(17)18-15-6-4-2;1-2(3)4/h3-15H2,1-2H3;1H3,(H,3,4). The summed E-state index contributed by atoms with van der Waals surface area (Å²) in [7, 11) is 0. The largest absolute Gasteiger partial charge is 0.481 e. The maximum Gasteiger partial charge on any atom is 0.305 e. The van der Waals surface area contributed by atoms with Crippen LogP contribution in [0.1, 0.15) is 97.8 Å². The van der Waals surface area contributed by atoms with Crippen molar-refractivity contribution in [3.8, 4) is 0 Å². The fourth-order valence-electron chi connectivity index (χ4n) is 1.98. The Hall–Kier alpha value is -1.06. The zero-order valence-electron chi connectivity index (χ0n) is 14.9. The van der Waals surface area contributed by atoms with Crippen molar-refractivity contribution in [2.45, 2.75) is 97.8 Å². The van der Waals surface area contributed by atoms with Gasteiger partial charge in [-0.2, -0.15) is 0 Å². The predicted octanol–water partition coefficient (Wildman–Crippen LogP) is 5.34. The van der Waals surface area contributed by atoms with Crippen LogP contribution in [0.15, 0.2) is 0 Å². The third-order valence-corrected chi connectivity index (χ3v) is 3.25. The molecule has 0 heterocycles. The van der Waals surface area contributed by atoms with Gasteiger partial charge in [-0.1, -0.05) is 71.6 Å². The molecule has 4 heteroatoms. The fraction of sp³-hybridized carbons (Fsp3) is 0.889. The van der Waals surface area contributed by atoms with E-state index in [1.807, 2.05) is 0 Å². The van der Waals surface area contributed by atoms with Gasteiger partial charge >= 0.3 is 5.97 Å². The van der Waals surface area contributed by atoms with Crippen molar-refractivity contribution in [2.75, 3.05) is 6.61 Å². The highest BCUT2D eigenvalue weighted by molar-refractivity contribution is 5.69. The third-order valence-electron chi connectivity index (χ3n) is 3.25. The van der Waals surface area contributed by atoms with Crippen molar-refractivity contribution in [1.29, 1.82) is 0 Å². The number of unbranched alkanes of at least 4 members (excludes halogenated alkanes) is 9. The van der Waals surface area contributed by atoms with E-state index in [2.05, 4.69) is 13.8 Å². The van der Waals surface area contributed by atoms with Gasteiger partial charge in [0.25, 0.3) is 5.97 Å². The number of carbonyl (C=O) groups is 2. The van der Waals surface area contributed by atoms with Crippen LogP contribution in [0.4, 0.5) is 0 Å².